The van der Waals surface area contributed by atoms with E-state index in [1.54, 1.807) is 0 Å². The summed E-state index contributed by atoms with van der Waals surface area (Å²) in [5.41, 5.74) is 14.3. The molecule has 0 radical (unpaired) electrons. The van der Waals surface area contributed by atoms with Gasteiger partial charge in [-0.25, -0.2) is 4.99 Å². The van der Waals surface area contributed by atoms with Gasteiger partial charge in [0.1, 0.15) is 6.34 Å². The second-order valence-electron chi connectivity index (χ2n) is 8.68. The van der Waals surface area contributed by atoms with E-state index < -0.39 is 0 Å². The number of benzene rings is 5. The highest BCUT2D eigenvalue weighted by Crippen LogP contribution is 2.32. The van der Waals surface area contributed by atoms with E-state index in [1.165, 1.54) is 16.3 Å². The van der Waals surface area contributed by atoms with Gasteiger partial charge in [0.05, 0.1) is 22.8 Å². The minimum Gasteiger partial charge on any atom is -0.320 e. The summed E-state index contributed by atoms with van der Waals surface area (Å²) in [6, 6.07) is 43.5. The predicted octanol–water partition coefficient (Wildman–Crippen LogP) is 7.72. The molecule has 0 bridgehead atoms. The average molecular weight is 452 g/mol. The molecule has 6 aromatic rings. The van der Waals surface area contributed by atoms with Crippen molar-refractivity contribution in [2.24, 2.45) is 10.7 Å². The minimum absolute atomic E-state index is 0.287. The monoisotopic (exact) mass is 451 g/mol. The lowest BCUT2D eigenvalue weighted by Gasteiger charge is -2.16. The fourth-order valence-electron chi connectivity index (χ4n) is 4.79. The Hall–Kier alpha value is -4.47. The Balaban J connectivity index is 1.40. The molecule has 1 atom stereocenters. The van der Waals surface area contributed by atoms with Crippen molar-refractivity contribution in [1.29, 1.82) is 0 Å². The number of aliphatic imine (C=N–C) groups is 1. The molecule has 168 valence electrons. The zero-order valence-electron chi connectivity index (χ0n) is 19.3. The Morgan fingerprint density at radius 3 is 1.94 bits per heavy atom. The van der Waals surface area contributed by atoms with Crippen LogP contribution in [0.15, 0.2) is 132 Å². The third-order valence-corrected chi connectivity index (χ3v) is 6.55. The molecule has 5 aromatic carbocycles. The Morgan fingerprint density at radius 2 is 1.20 bits per heavy atom. The van der Waals surface area contributed by atoms with Crippen LogP contribution in [0.5, 0.6) is 0 Å². The van der Waals surface area contributed by atoms with Crippen LogP contribution in [-0.2, 0) is 0 Å². The Morgan fingerprint density at radius 1 is 0.600 bits per heavy atom. The van der Waals surface area contributed by atoms with Crippen LogP contribution in [0.2, 0.25) is 0 Å². The quantitative estimate of drug-likeness (QED) is 0.212. The number of nitrogens with two attached hydrogens (primary N) is 1. The molecular formula is C32H25N3. The maximum atomic E-state index is 6.81. The van der Waals surface area contributed by atoms with E-state index in [9.17, 15) is 0 Å². The van der Waals surface area contributed by atoms with Gasteiger partial charge in [0, 0.05) is 10.8 Å². The van der Waals surface area contributed by atoms with Crippen LogP contribution in [0.3, 0.4) is 0 Å². The fourth-order valence-corrected chi connectivity index (χ4v) is 4.79. The van der Waals surface area contributed by atoms with Gasteiger partial charge in [-0.2, -0.15) is 0 Å². The summed E-state index contributed by atoms with van der Waals surface area (Å²) in [4.78, 5) is 4.93. The molecule has 2 N–H and O–H groups in total. The van der Waals surface area contributed by atoms with Crippen molar-refractivity contribution < 1.29 is 0 Å². The Bertz CT molecular complexity index is 1610. The smallest absolute Gasteiger partial charge is 0.100 e. The first-order valence-corrected chi connectivity index (χ1v) is 11.8. The van der Waals surface area contributed by atoms with Gasteiger partial charge in [0.25, 0.3) is 0 Å². The molecule has 0 aliphatic carbocycles. The Labute approximate surface area is 204 Å². The molecule has 0 saturated carbocycles. The van der Waals surface area contributed by atoms with Crippen LogP contribution in [0.1, 0.15) is 17.2 Å². The highest BCUT2D eigenvalue weighted by molar-refractivity contribution is 6.11. The average Bonchev–Trinajstić information content (AvgIpc) is 3.26. The maximum absolute atomic E-state index is 6.81. The SMILES string of the molecule is NC(c1cccc(-c2ccccc2)c1)c1ccccc1N=Cn1c2ccccc2c2ccccc21. The molecule has 0 amide bonds. The number of fused-ring (bicyclic) bond motifs is 3. The van der Waals surface area contributed by atoms with Gasteiger partial charge >= 0.3 is 0 Å². The van der Waals surface area contributed by atoms with E-state index in [2.05, 4.69) is 108 Å². The van der Waals surface area contributed by atoms with Crippen molar-refractivity contribution >= 4 is 33.8 Å². The number of hydrogen-bond acceptors (Lipinski definition) is 2. The third kappa shape index (κ3) is 3.92. The van der Waals surface area contributed by atoms with Gasteiger partial charge in [0.2, 0.25) is 0 Å². The van der Waals surface area contributed by atoms with Crippen molar-refractivity contribution in [3.8, 4) is 11.1 Å². The van der Waals surface area contributed by atoms with Crippen molar-refractivity contribution in [2.45, 2.75) is 6.04 Å². The normalized spacial score (nSPS) is 12.5. The first-order valence-electron chi connectivity index (χ1n) is 11.8. The molecule has 1 heterocycles. The van der Waals surface area contributed by atoms with E-state index in [1.807, 2.05) is 30.6 Å². The van der Waals surface area contributed by atoms with E-state index in [0.29, 0.717) is 0 Å². The fraction of sp³-hybridized carbons (Fsp3) is 0.0312. The molecule has 0 saturated heterocycles. The molecule has 3 nitrogen and oxygen atoms in total. The number of nitrogens with zero attached hydrogens (tertiary/aromatic N) is 2. The van der Waals surface area contributed by atoms with Gasteiger partial charge < -0.3 is 5.73 Å². The molecule has 1 aromatic heterocycles. The van der Waals surface area contributed by atoms with Crippen LogP contribution < -0.4 is 5.73 Å². The molecule has 0 fully saturated rings. The maximum Gasteiger partial charge on any atom is 0.100 e. The van der Waals surface area contributed by atoms with Crippen LogP contribution in [0, 0.1) is 0 Å². The topological polar surface area (TPSA) is 43.3 Å². The summed E-state index contributed by atoms with van der Waals surface area (Å²) in [6.07, 6.45) is 1.91. The molecule has 6 rings (SSSR count). The molecular weight excluding hydrogens is 426 g/mol. The zero-order valence-corrected chi connectivity index (χ0v) is 19.3. The van der Waals surface area contributed by atoms with Gasteiger partial charge in [-0.1, -0.05) is 103 Å². The highest BCUT2D eigenvalue weighted by atomic mass is 15.0. The van der Waals surface area contributed by atoms with Crippen LogP contribution in [0.4, 0.5) is 5.69 Å². The number of hydrogen-bond donors (Lipinski definition) is 1. The first-order chi connectivity index (χ1) is 17.3. The highest BCUT2D eigenvalue weighted by Gasteiger charge is 2.14. The van der Waals surface area contributed by atoms with Gasteiger partial charge in [0.15, 0.2) is 0 Å². The molecule has 35 heavy (non-hydrogen) atoms. The van der Waals surface area contributed by atoms with E-state index >= 15 is 0 Å². The predicted molar refractivity (Wildman–Crippen MR) is 147 cm³/mol. The Kier molecular flexibility index (Phi) is 5.45. The molecule has 0 spiro atoms. The summed E-state index contributed by atoms with van der Waals surface area (Å²) in [6.45, 7) is 0. The lowest BCUT2D eigenvalue weighted by atomic mass is 9.95. The largest absolute Gasteiger partial charge is 0.320 e. The molecule has 1 unspecified atom stereocenters. The van der Waals surface area contributed by atoms with Crippen molar-refractivity contribution in [3.05, 3.63) is 139 Å². The number of para-hydroxylation sites is 3. The molecule has 3 heteroatoms. The number of aromatic nitrogens is 1. The van der Waals surface area contributed by atoms with E-state index in [4.69, 9.17) is 10.7 Å². The molecule has 0 aliphatic heterocycles. The summed E-state index contributed by atoms with van der Waals surface area (Å²) in [7, 11) is 0. The van der Waals surface area contributed by atoms with Crippen LogP contribution in [-0.4, -0.2) is 10.9 Å². The number of rotatable bonds is 5. The summed E-state index contributed by atoms with van der Waals surface area (Å²) in [5.74, 6) is 0. The zero-order chi connectivity index (χ0) is 23.6. The van der Waals surface area contributed by atoms with Gasteiger partial charge in [-0.3, -0.25) is 4.57 Å². The van der Waals surface area contributed by atoms with Crippen molar-refractivity contribution in [2.75, 3.05) is 0 Å². The second kappa shape index (κ2) is 9.05. The summed E-state index contributed by atoms with van der Waals surface area (Å²) >= 11 is 0. The van der Waals surface area contributed by atoms with Crippen LogP contribution >= 0.6 is 0 Å². The van der Waals surface area contributed by atoms with E-state index in [-0.39, 0.29) is 6.04 Å². The van der Waals surface area contributed by atoms with Gasteiger partial charge in [-0.05, 0) is 46.5 Å². The van der Waals surface area contributed by atoms with Crippen LogP contribution in [0.25, 0.3) is 32.9 Å². The van der Waals surface area contributed by atoms with E-state index in [0.717, 1.165) is 33.4 Å². The first kappa shape index (κ1) is 21.1. The minimum atomic E-state index is -0.287. The van der Waals surface area contributed by atoms with Crippen molar-refractivity contribution in [3.63, 3.8) is 0 Å². The van der Waals surface area contributed by atoms with Crippen molar-refractivity contribution in [1.82, 2.24) is 4.57 Å². The third-order valence-electron chi connectivity index (χ3n) is 6.55. The summed E-state index contributed by atoms with van der Waals surface area (Å²) in [5, 5.41) is 2.44. The summed E-state index contributed by atoms with van der Waals surface area (Å²) < 4.78 is 2.16. The van der Waals surface area contributed by atoms with Gasteiger partial charge in [-0.15, -0.1) is 0 Å². The molecule has 0 aliphatic rings. The second-order valence-corrected chi connectivity index (χ2v) is 8.68. The lowest BCUT2D eigenvalue weighted by Crippen LogP contribution is -2.12. The lowest BCUT2D eigenvalue weighted by molar-refractivity contribution is 0.872. The standard InChI is InChI=1S/C32H25N3/c33-32(25-14-10-13-24(21-25)23-11-2-1-3-12-23)28-17-4-7-18-29(28)34-22-35-30-19-8-5-15-26(30)27-16-6-9-20-31(27)35/h1-22,32H,33H2.